The van der Waals surface area contributed by atoms with Crippen LogP contribution >= 0.6 is 11.6 Å². The summed E-state index contributed by atoms with van der Waals surface area (Å²) in [5.41, 5.74) is 5.91. The van der Waals surface area contributed by atoms with Crippen molar-refractivity contribution < 1.29 is 13.5 Å². The van der Waals surface area contributed by atoms with Gasteiger partial charge >= 0.3 is 0 Å². The third-order valence-corrected chi connectivity index (χ3v) is 2.29. The molecule has 0 aliphatic rings. The minimum absolute atomic E-state index is 0.0251. The highest BCUT2D eigenvalue weighted by Crippen LogP contribution is 2.28. The molecule has 1 aromatic carbocycles. The molecule has 0 unspecified atom stereocenters. The van der Waals surface area contributed by atoms with Gasteiger partial charge in [0.15, 0.2) is 0 Å². The molecule has 0 atom stereocenters. The summed E-state index contributed by atoms with van der Waals surface area (Å²) < 4.78 is 23.5. The van der Waals surface area contributed by atoms with Gasteiger partial charge in [0.2, 0.25) is 0 Å². The smallest absolute Gasteiger partial charge is 0.146 e. The summed E-state index contributed by atoms with van der Waals surface area (Å²) >= 11 is 5.56. The highest BCUT2D eigenvalue weighted by molar-refractivity contribution is 6.31. The summed E-state index contributed by atoms with van der Waals surface area (Å²) in [6, 6.07) is 5.96. The number of hydrogen-bond acceptors (Lipinski definition) is 3. The van der Waals surface area contributed by atoms with Gasteiger partial charge in [-0.1, -0.05) is 11.6 Å². The first-order valence-electron chi connectivity index (χ1n) is 4.56. The molecular weight excluding hydrogens is 233 g/mol. The van der Waals surface area contributed by atoms with Gasteiger partial charge in [-0.2, -0.15) is 0 Å². The number of nitrogens with two attached hydrogens (primary N) is 1. The Morgan fingerprint density at radius 2 is 2.25 bits per heavy atom. The summed E-state index contributed by atoms with van der Waals surface area (Å²) in [5.74, 6) is 0.318. The first kappa shape index (κ1) is 10.8. The van der Waals surface area contributed by atoms with E-state index < -0.39 is 5.82 Å². The fourth-order valence-electron chi connectivity index (χ4n) is 1.21. The van der Waals surface area contributed by atoms with Crippen molar-refractivity contribution in [3.05, 3.63) is 47.1 Å². The maximum Gasteiger partial charge on any atom is 0.146 e. The molecule has 2 N–H and O–H groups in total. The zero-order valence-corrected chi connectivity index (χ0v) is 9.00. The number of hydrogen-bond donors (Lipinski definition) is 1. The van der Waals surface area contributed by atoms with E-state index in [0.717, 1.165) is 6.07 Å². The van der Waals surface area contributed by atoms with E-state index in [0.29, 0.717) is 5.76 Å². The van der Waals surface area contributed by atoms with Crippen LogP contribution in [-0.2, 0) is 6.61 Å². The lowest BCUT2D eigenvalue weighted by molar-refractivity contribution is 0.270. The first-order valence-corrected chi connectivity index (χ1v) is 4.94. The molecule has 16 heavy (non-hydrogen) atoms. The van der Waals surface area contributed by atoms with Crippen molar-refractivity contribution in [1.82, 2.24) is 0 Å². The predicted octanol–water partition coefficient (Wildman–Crippen LogP) is 3.23. The van der Waals surface area contributed by atoms with Crippen molar-refractivity contribution in [1.29, 1.82) is 0 Å². The van der Waals surface area contributed by atoms with Crippen LogP contribution in [0.2, 0.25) is 5.02 Å². The summed E-state index contributed by atoms with van der Waals surface area (Å²) in [7, 11) is 0. The summed E-state index contributed by atoms with van der Waals surface area (Å²) in [4.78, 5) is 0. The summed E-state index contributed by atoms with van der Waals surface area (Å²) in [6.07, 6.45) is 1.53. The Kier molecular flexibility index (Phi) is 3.01. The van der Waals surface area contributed by atoms with Crippen LogP contribution in [0, 0.1) is 5.82 Å². The standard InChI is InChI=1S/C11H9ClFNO2/c12-8-4-10(14)11(5-9(8)13)16-6-7-2-1-3-15-7/h1-5H,6,14H2. The van der Waals surface area contributed by atoms with Crippen molar-refractivity contribution in [3.8, 4) is 5.75 Å². The quantitative estimate of drug-likeness (QED) is 0.840. The van der Waals surface area contributed by atoms with Crippen LogP contribution in [0.1, 0.15) is 5.76 Å². The molecule has 0 saturated carbocycles. The first-order chi connectivity index (χ1) is 7.66. The van der Waals surface area contributed by atoms with Crippen molar-refractivity contribution in [2.75, 3.05) is 5.73 Å². The molecule has 1 aromatic heterocycles. The lowest BCUT2D eigenvalue weighted by Crippen LogP contribution is -1.98. The molecule has 1 heterocycles. The Labute approximate surface area is 96.6 Å². The lowest BCUT2D eigenvalue weighted by atomic mass is 10.3. The van der Waals surface area contributed by atoms with Crippen LogP contribution in [0.15, 0.2) is 34.9 Å². The van der Waals surface area contributed by atoms with Gasteiger partial charge in [-0.3, -0.25) is 0 Å². The number of benzene rings is 1. The van der Waals surface area contributed by atoms with E-state index >= 15 is 0 Å². The Morgan fingerprint density at radius 3 is 2.94 bits per heavy atom. The van der Waals surface area contributed by atoms with Crippen LogP contribution in [0.25, 0.3) is 0 Å². The van der Waals surface area contributed by atoms with Crippen LogP contribution in [0.3, 0.4) is 0 Å². The van der Waals surface area contributed by atoms with E-state index in [4.69, 9.17) is 26.5 Å². The highest BCUT2D eigenvalue weighted by Gasteiger charge is 2.08. The number of rotatable bonds is 3. The highest BCUT2D eigenvalue weighted by atomic mass is 35.5. The third-order valence-electron chi connectivity index (χ3n) is 2.00. The van der Waals surface area contributed by atoms with E-state index in [1.54, 1.807) is 12.1 Å². The van der Waals surface area contributed by atoms with Gasteiger partial charge in [0.25, 0.3) is 0 Å². The summed E-state index contributed by atoms with van der Waals surface area (Å²) in [5, 5.41) is -0.0251. The van der Waals surface area contributed by atoms with Gasteiger partial charge in [0.1, 0.15) is 23.9 Å². The van der Waals surface area contributed by atoms with E-state index in [2.05, 4.69) is 0 Å². The van der Waals surface area contributed by atoms with Crippen molar-refractivity contribution in [2.24, 2.45) is 0 Å². The fraction of sp³-hybridized carbons (Fsp3) is 0.0909. The monoisotopic (exact) mass is 241 g/mol. The second-order valence-electron chi connectivity index (χ2n) is 3.17. The minimum atomic E-state index is -0.565. The molecular formula is C11H9ClFNO2. The average Bonchev–Trinajstić information content (AvgIpc) is 2.74. The molecule has 0 bridgehead atoms. The van der Waals surface area contributed by atoms with E-state index in [1.165, 1.54) is 12.3 Å². The molecule has 0 saturated heterocycles. The molecule has 0 aliphatic heterocycles. The number of halogens is 2. The van der Waals surface area contributed by atoms with Gasteiger partial charge in [0.05, 0.1) is 17.0 Å². The maximum atomic E-state index is 13.1. The molecule has 2 aromatic rings. The Bertz CT molecular complexity index is 485. The Morgan fingerprint density at radius 1 is 1.44 bits per heavy atom. The zero-order chi connectivity index (χ0) is 11.5. The minimum Gasteiger partial charge on any atom is -0.483 e. The molecule has 84 valence electrons. The lowest BCUT2D eigenvalue weighted by Gasteiger charge is -2.08. The largest absolute Gasteiger partial charge is 0.483 e. The van der Waals surface area contributed by atoms with Gasteiger partial charge in [0, 0.05) is 6.07 Å². The molecule has 2 rings (SSSR count). The van der Waals surface area contributed by atoms with Crippen molar-refractivity contribution in [2.45, 2.75) is 6.61 Å². The molecule has 0 amide bonds. The van der Waals surface area contributed by atoms with Gasteiger partial charge in [-0.15, -0.1) is 0 Å². The SMILES string of the molecule is Nc1cc(Cl)c(F)cc1OCc1ccco1. The normalized spacial score (nSPS) is 10.4. The van der Waals surface area contributed by atoms with Crippen LogP contribution < -0.4 is 10.5 Å². The van der Waals surface area contributed by atoms with Gasteiger partial charge in [-0.05, 0) is 18.2 Å². The number of anilines is 1. The van der Waals surface area contributed by atoms with E-state index in [1.807, 2.05) is 0 Å². The molecule has 5 heteroatoms. The molecule has 0 fully saturated rings. The predicted molar refractivity (Wildman–Crippen MR) is 58.9 cm³/mol. The number of furan rings is 1. The topological polar surface area (TPSA) is 48.4 Å². The van der Waals surface area contributed by atoms with Crippen LogP contribution in [0.4, 0.5) is 10.1 Å². The van der Waals surface area contributed by atoms with Gasteiger partial charge < -0.3 is 14.9 Å². The number of nitrogen functional groups attached to an aromatic ring is 1. The van der Waals surface area contributed by atoms with E-state index in [9.17, 15) is 4.39 Å². The molecule has 3 nitrogen and oxygen atoms in total. The maximum absolute atomic E-state index is 13.1. The molecule has 0 aliphatic carbocycles. The van der Waals surface area contributed by atoms with Crippen LogP contribution in [-0.4, -0.2) is 0 Å². The summed E-state index contributed by atoms with van der Waals surface area (Å²) in [6.45, 7) is 0.193. The third kappa shape index (κ3) is 2.28. The molecule has 0 radical (unpaired) electrons. The molecule has 0 spiro atoms. The van der Waals surface area contributed by atoms with Crippen molar-refractivity contribution >= 4 is 17.3 Å². The zero-order valence-electron chi connectivity index (χ0n) is 8.24. The Balaban J connectivity index is 2.12. The Hall–Kier alpha value is -1.68. The fourth-order valence-corrected chi connectivity index (χ4v) is 1.38. The van der Waals surface area contributed by atoms with Crippen molar-refractivity contribution in [3.63, 3.8) is 0 Å². The average molecular weight is 242 g/mol. The van der Waals surface area contributed by atoms with Gasteiger partial charge in [-0.25, -0.2) is 4.39 Å². The second-order valence-corrected chi connectivity index (χ2v) is 3.58. The van der Waals surface area contributed by atoms with E-state index in [-0.39, 0.29) is 23.1 Å². The number of ether oxygens (including phenoxy) is 1. The van der Waals surface area contributed by atoms with Crippen LogP contribution in [0.5, 0.6) is 5.75 Å². The second kappa shape index (κ2) is 4.45.